The third kappa shape index (κ3) is 6.05. The molecule has 1 aromatic rings. The van der Waals surface area contributed by atoms with Gasteiger partial charge in [-0.1, -0.05) is 17.8 Å². The molecule has 144 valence electrons. The second kappa shape index (κ2) is 10.4. The number of hydrogen-bond donors (Lipinski definition) is 5. The van der Waals surface area contributed by atoms with Gasteiger partial charge in [0, 0.05) is 0 Å². The maximum atomic E-state index is 9.91. The zero-order valence-electron chi connectivity index (χ0n) is 14.5. The van der Waals surface area contributed by atoms with Crippen LogP contribution in [0.15, 0.2) is 12.1 Å². The van der Waals surface area contributed by atoms with E-state index in [1.807, 2.05) is 0 Å². The third-order valence-corrected chi connectivity index (χ3v) is 4.52. The van der Waals surface area contributed by atoms with E-state index in [-0.39, 0.29) is 6.61 Å². The van der Waals surface area contributed by atoms with Crippen LogP contribution in [0.25, 0.3) is 0 Å². The Bertz CT molecular complexity index is 799. The van der Waals surface area contributed by atoms with Crippen LogP contribution >= 0.6 is 11.3 Å². The summed E-state index contributed by atoms with van der Waals surface area (Å²) in [6, 6.07) is 3.57. The van der Waals surface area contributed by atoms with Crippen molar-refractivity contribution in [3.8, 4) is 35.5 Å². The van der Waals surface area contributed by atoms with E-state index in [9.17, 15) is 20.4 Å². The van der Waals surface area contributed by atoms with Gasteiger partial charge in [0.1, 0.15) is 30.5 Å². The summed E-state index contributed by atoms with van der Waals surface area (Å²) >= 11 is 1.36. The molecule has 1 aliphatic heterocycles. The second-order valence-corrected chi connectivity index (χ2v) is 6.69. The van der Waals surface area contributed by atoms with Crippen molar-refractivity contribution in [3.63, 3.8) is 0 Å². The minimum atomic E-state index is -1.54. The molecule has 2 heterocycles. The van der Waals surface area contributed by atoms with Crippen LogP contribution in [0.2, 0.25) is 0 Å². The zero-order valence-corrected chi connectivity index (χ0v) is 15.3. The Morgan fingerprint density at radius 1 is 1.11 bits per heavy atom. The van der Waals surface area contributed by atoms with Crippen LogP contribution in [0.5, 0.6) is 0 Å². The minimum Gasteiger partial charge on any atom is -0.394 e. The summed E-state index contributed by atoms with van der Waals surface area (Å²) in [5.74, 6) is 16.3. The van der Waals surface area contributed by atoms with Gasteiger partial charge in [-0.2, -0.15) is 0 Å². The minimum absolute atomic E-state index is 0.292. The Morgan fingerprint density at radius 2 is 1.81 bits per heavy atom. The molecule has 0 bridgehead atoms. The highest BCUT2D eigenvalue weighted by Gasteiger charge is 2.44. The van der Waals surface area contributed by atoms with Crippen molar-refractivity contribution in [2.75, 3.05) is 13.2 Å². The van der Waals surface area contributed by atoms with Gasteiger partial charge in [-0.25, -0.2) is 0 Å². The Balaban J connectivity index is 1.89. The quantitative estimate of drug-likeness (QED) is 0.402. The van der Waals surface area contributed by atoms with Gasteiger partial charge in [-0.15, -0.1) is 11.3 Å². The molecule has 0 aliphatic carbocycles. The number of aliphatic hydroxyl groups is 5. The summed E-state index contributed by atoms with van der Waals surface area (Å²) in [7, 11) is 0. The first-order chi connectivity index (χ1) is 13.0. The Kier molecular flexibility index (Phi) is 8.27. The molecule has 5 N–H and O–H groups in total. The van der Waals surface area contributed by atoms with Crippen molar-refractivity contribution in [2.24, 2.45) is 0 Å². The predicted octanol–water partition coefficient (Wildman–Crippen LogP) is -1.35. The molecule has 6 atom stereocenters. The van der Waals surface area contributed by atoms with Gasteiger partial charge in [0.2, 0.25) is 0 Å². The average Bonchev–Trinajstić information content (AvgIpc) is 3.12. The van der Waals surface area contributed by atoms with Crippen molar-refractivity contribution >= 4 is 11.3 Å². The SMILES string of the molecule is CC#CC#Cc1ccc(C#CC(O)CO[C@@H]2O[C@H](CO)[C@@H](O)[C@H](O)[C@H]2O)s1. The highest BCUT2D eigenvalue weighted by Crippen LogP contribution is 2.22. The van der Waals surface area contributed by atoms with Crippen LogP contribution in [-0.2, 0) is 9.47 Å². The number of thiophene rings is 1. The lowest BCUT2D eigenvalue weighted by atomic mass is 9.99. The van der Waals surface area contributed by atoms with Crippen molar-refractivity contribution < 1.29 is 35.0 Å². The van der Waals surface area contributed by atoms with Gasteiger partial charge < -0.3 is 35.0 Å². The maximum absolute atomic E-state index is 9.91. The molecule has 0 amide bonds. The summed E-state index contributed by atoms with van der Waals surface area (Å²) in [6.07, 6.45) is -8.06. The molecule has 7 nitrogen and oxygen atoms in total. The van der Waals surface area contributed by atoms with Gasteiger partial charge >= 0.3 is 0 Å². The first-order valence-electron chi connectivity index (χ1n) is 8.10. The molecular formula is C19H20O7S. The molecule has 1 aliphatic rings. The van der Waals surface area contributed by atoms with E-state index in [1.54, 1.807) is 19.1 Å². The second-order valence-electron chi connectivity index (χ2n) is 5.60. The van der Waals surface area contributed by atoms with Gasteiger partial charge in [0.15, 0.2) is 6.29 Å². The number of hydrogen-bond acceptors (Lipinski definition) is 8. The topological polar surface area (TPSA) is 120 Å². The molecule has 0 spiro atoms. The first kappa shape index (κ1) is 21.4. The van der Waals surface area contributed by atoms with Crippen molar-refractivity contribution in [1.29, 1.82) is 0 Å². The van der Waals surface area contributed by atoms with Gasteiger partial charge in [-0.3, -0.25) is 0 Å². The largest absolute Gasteiger partial charge is 0.394 e. The molecule has 1 fully saturated rings. The summed E-state index contributed by atoms with van der Waals surface area (Å²) in [6.45, 7) is 0.855. The van der Waals surface area contributed by atoms with E-state index in [1.165, 1.54) is 11.3 Å². The number of aliphatic hydroxyl groups excluding tert-OH is 5. The molecule has 1 aromatic heterocycles. The fraction of sp³-hybridized carbons (Fsp3) is 0.474. The predicted molar refractivity (Wildman–Crippen MR) is 97.3 cm³/mol. The fourth-order valence-electron chi connectivity index (χ4n) is 2.21. The van der Waals surface area contributed by atoms with Crippen LogP contribution in [-0.4, -0.2) is 75.6 Å². The zero-order chi connectivity index (χ0) is 19.8. The van der Waals surface area contributed by atoms with E-state index in [0.29, 0.717) is 4.88 Å². The molecular weight excluding hydrogens is 372 g/mol. The fourth-order valence-corrected chi connectivity index (χ4v) is 2.94. The van der Waals surface area contributed by atoms with E-state index in [2.05, 4.69) is 35.5 Å². The summed E-state index contributed by atoms with van der Waals surface area (Å²) < 4.78 is 10.4. The Labute approximate surface area is 161 Å². The van der Waals surface area contributed by atoms with Gasteiger partial charge in [0.05, 0.1) is 23.0 Å². The van der Waals surface area contributed by atoms with Gasteiger partial charge in [0.25, 0.3) is 0 Å². The normalized spacial score (nSPS) is 28.0. The average molecular weight is 392 g/mol. The molecule has 1 unspecified atom stereocenters. The highest BCUT2D eigenvalue weighted by atomic mass is 32.1. The summed E-state index contributed by atoms with van der Waals surface area (Å²) in [4.78, 5) is 1.50. The summed E-state index contributed by atoms with van der Waals surface area (Å²) in [5.41, 5.74) is 0. The van der Waals surface area contributed by atoms with Crippen molar-refractivity contribution in [2.45, 2.75) is 43.7 Å². The Hall–Kier alpha value is -1.90. The van der Waals surface area contributed by atoms with E-state index in [0.717, 1.165) is 4.88 Å². The monoisotopic (exact) mass is 392 g/mol. The van der Waals surface area contributed by atoms with Crippen LogP contribution in [0, 0.1) is 35.5 Å². The molecule has 2 rings (SSSR count). The third-order valence-electron chi connectivity index (χ3n) is 3.61. The van der Waals surface area contributed by atoms with E-state index >= 15 is 0 Å². The standard InChI is InChI=1S/C19H20O7S/c1-2-3-4-5-13-8-9-14(27-13)7-6-12(21)11-25-19-18(24)17(23)16(22)15(10-20)26-19/h8-9,12,15-24H,10-11H2,1H3/t12?,15-,16-,17+,18-,19-/m1/s1. The number of rotatable bonds is 4. The highest BCUT2D eigenvalue weighted by molar-refractivity contribution is 7.13. The van der Waals surface area contributed by atoms with Crippen LogP contribution in [0.3, 0.4) is 0 Å². The van der Waals surface area contributed by atoms with E-state index in [4.69, 9.17) is 14.6 Å². The maximum Gasteiger partial charge on any atom is 0.186 e. The molecule has 0 saturated carbocycles. The van der Waals surface area contributed by atoms with E-state index < -0.39 is 43.4 Å². The lowest BCUT2D eigenvalue weighted by Crippen LogP contribution is -2.59. The van der Waals surface area contributed by atoms with Crippen LogP contribution in [0.1, 0.15) is 16.7 Å². The molecule has 0 radical (unpaired) electrons. The first-order valence-corrected chi connectivity index (χ1v) is 8.92. The van der Waals surface area contributed by atoms with Crippen LogP contribution in [0.4, 0.5) is 0 Å². The smallest absolute Gasteiger partial charge is 0.186 e. The van der Waals surface area contributed by atoms with Crippen molar-refractivity contribution in [3.05, 3.63) is 21.9 Å². The lowest BCUT2D eigenvalue weighted by Gasteiger charge is -2.39. The van der Waals surface area contributed by atoms with Gasteiger partial charge in [-0.05, 0) is 36.8 Å². The Morgan fingerprint density at radius 3 is 2.48 bits per heavy atom. The molecule has 1 saturated heterocycles. The molecule has 0 aromatic carbocycles. The number of ether oxygens (including phenoxy) is 2. The van der Waals surface area contributed by atoms with Crippen LogP contribution < -0.4 is 0 Å². The molecule has 8 heteroatoms. The summed E-state index contributed by atoms with van der Waals surface area (Å²) in [5, 5.41) is 48.3. The molecule has 27 heavy (non-hydrogen) atoms. The lowest BCUT2D eigenvalue weighted by molar-refractivity contribution is -0.303. The van der Waals surface area contributed by atoms with Crippen molar-refractivity contribution in [1.82, 2.24) is 0 Å².